The normalized spacial score (nSPS) is 11.2. The third kappa shape index (κ3) is 6.11. The fourth-order valence-electron chi connectivity index (χ4n) is 3.50. The molecule has 4 aromatic carbocycles. The molecule has 184 valence electrons. The van der Waals surface area contributed by atoms with Crippen LogP contribution in [0.25, 0.3) is 0 Å². The summed E-state index contributed by atoms with van der Waals surface area (Å²) in [6.45, 7) is -0.0590. The van der Waals surface area contributed by atoms with Gasteiger partial charge in [-0.15, -0.1) is 0 Å². The molecule has 0 radical (unpaired) electrons. The second kappa shape index (κ2) is 10.7. The van der Waals surface area contributed by atoms with Crippen molar-refractivity contribution in [3.8, 4) is 5.75 Å². The number of para-hydroxylation sites is 1. The lowest BCUT2D eigenvalue weighted by atomic mass is 10.1. The molecule has 1 amide bonds. The topological polar surface area (TPSA) is 63.7 Å². The van der Waals surface area contributed by atoms with E-state index in [9.17, 15) is 26.4 Å². The van der Waals surface area contributed by atoms with Gasteiger partial charge >= 0.3 is 10.1 Å². The van der Waals surface area contributed by atoms with Gasteiger partial charge in [0.1, 0.15) is 28.1 Å². The van der Waals surface area contributed by atoms with E-state index in [-0.39, 0.29) is 29.3 Å². The average molecular weight is 512 g/mol. The van der Waals surface area contributed by atoms with Gasteiger partial charge in [0.25, 0.3) is 5.91 Å². The zero-order valence-corrected chi connectivity index (χ0v) is 19.6. The van der Waals surface area contributed by atoms with E-state index < -0.39 is 33.5 Å². The number of carbonyl (C=O) groups is 1. The van der Waals surface area contributed by atoms with Crippen LogP contribution in [0.15, 0.2) is 102 Å². The SMILES string of the molecule is O=C(c1cccc(F)c1)N(Cc1ccc(F)cc1)Cc1ccccc1OS(=O)(=O)c1ccc(F)cc1. The van der Waals surface area contributed by atoms with Crippen molar-refractivity contribution in [2.24, 2.45) is 0 Å². The summed E-state index contributed by atoms with van der Waals surface area (Å²) in [7, 11) is -4.29. The number of rotatable bonds is 8. The van der Waals surface area contributed by atoms with Crippen molar-refractivity contribution in [2.75, 3.05) is 0 Å². The number of hydrogen-bond acceptors (Lipinski definition) is 4. The zero-order valence-electron chi connectivity index (χ0n) is 18.8. The van der Waals surface area contributed by atoms with Crippen LogP contribution in [0.5, 0.6) is 5.75 Å². The largest absolute Gasteiger partial charge is 0.379 e. The van der Waals surface area contributed by atoms with Gasteiger partial charge in [0.05, 0.1) is 6.54 Å². The minimum absolute atomic E-state index is 0.0297. The van der Waals surface area contributed by atoms with Crippen molar-refractivity contribution < 1.29 is 30.6 Å². The molecule has 4 aromatic rings. The van der Waals surface area contributed by atoms with Gasteiger partial charge in [-0.05, 0) is 66.2 Å². The lowest BCUT2D eigenvalue weighted by Gasteiger charge is -2.24. The van der Waals surface area contributed by atoms with Gasteiger partial charge < -0.3 is 9.08 Å². The Balaban J connectivity index is 1.66. The first-order valence-electron chi connectivity index (χ1n) is 10.8. The quantitative estimate of drug-likeness (QED) is 0.284. The maximum Gasteiger partial charge on any atom is 0.339 e. The maximum atomic E-state index is 13.8. The first-order chi connectivity index (χ1) is 17.2. The Morgan fingerprint density at radius 1 is 0.722 bits per heavy atom. The molecule has 9 heteroatoms. The van der Waals surface area contributed by atoms with Crippen LogP contribution >= 0.6 is 0 Å². The minimum atomic E-state index is -4.29. The van der Waals surface area contributed by atoms with E-state index in [2.05, 4.69) is 0 Å². The Morgan fingerprint density at radius 2 is 1.36 bits per heavy atom. The van der Waals surface area contributed by atoms with Gasteiger partial charge in [-0.1, -0.05) is 36.4 Å². The highest BCUT2D eigenvalue weighted by molar-refractivity contribution is 7.87. The average Bonchev–Trinajstić information content (AvgIpc) is 2.86. The van der Waals surface area contributed by atoms with E-state index >= 15 is 0 Å². The third-order valence-corrected chi connectivity index (χ3v) is 6.53. The van der Waals surface area contributed by atoms with Crippen molar-refractivity contribution in [3.05, 3.63) is 131 Å². The number of carbonyl (C=O) groups excluding carboxylic acids is 1. The van der Waals surface area contributed by atoms with Crippen LogP contribution in [-0.2, 0) is 23.2 Å². The van der Waals surface area contributed by atoms with Crippen LogP contribution in [0.1, 0.15) is 21.5 Å². The van der Waals surface area contributed by atoms with E-state index in [4.69, 9.17) is 4.18 Å². The first kappa shape index (κ1) is 25.0. The molecule has 0 aliphatic heterocycles. The summed E-state index contributed by atoms with van der Waals surface area (Å²) < 4.78 is 71.3. The van der Waals surface area contributed by atoms with Gasteiger partial charge in [0.15, 0.2) is 0 Å². The molecule has 4 rings (SSSR count). The Labute approximate surface area is 206 Å². The molecule has 0 bridgehead atoms. The van der Waals surface area contributed by atoms with E-state index in [1.54, 1.807) is 18.2 Å². The van der Waals surface area contributed by atoms with Crippen LogP contribution in [0.2, 0.25) is 0 Å². The van der Waals surface area contributed by atoms with Crippen molar-refractivity contribution in [1.29, 1.82) is 0 Å². The fraction of sp³-hybridized carbons (Fsp3) is 0.0741. The predicted octanol–water partition coefficient (Wildman–Crippen LogP) is 5.71. The first-order valence-corrected chi connectivity index (χ1v) is 12.2. The Kier molecular flexibility index (Phi) is 7.40. The smallest absolute Gasteiger partial charge is 0.339 e. The summed E-state index contributed by atoms with van der Waals surface area (Å²) in [6, 6.07) is 21.1. The van der Waals surface area contributed by atoms with Crippen LogP contribution in [0.4, 0.5) is 13.2 Å². The number of hydrogen-bond donors (Lipinski definition) is 0. The summed E-state index contributed by atoms with van der Waals surface area (Å²) in [5.74, 6) is -2.17. The van der Waals surface area contributed by atoms with Crippen molar-refractivity contribution >= 4 is 16.0 Å². The van der Waals surface area contributed by atoms with E-state index in [1.807, 2.05) is 0 Å². The fourth-order valence-corrected chi connectivity index (χ4v) is 4.47. The van der Waals surface area contributed by atoms with Crippen LogP contribution in [-0.4, -0.2) is 19.2 Å². The Morgan fingerprint density at radius 3 is 2.03 bits per heavy atom. The standard InChI is InChI=1S/C27H20F3NO4S/c28-22-10-8-19(9-11-22)17-31(27(32)20-5-3-6-24(30)16-20)18-21-4-1-2-7-26(21)35-36(33,34)25-14-12-23(29)13-15-25/h1-16H,17-18H2. The van der Waals surface area contributed by atoms with Crippen LogP contribution < -0.4 is 4.18 Å². The third-order valence-electron chi connectivity index (χ3n) is 5.28. The van der Waals surface area contributed by atoms with Crippen LogP contribution in [0.3, 0.4) is 0 Å². The predicted molar refractivity (Wildman–Crippen MR) is 127 cm³/mol. The molecule has 0 heterocycles. The van der Waals surface area contributed by atoms with Crippen molar-refractivity contribution in [2.45, 2.75) is 18.0 Å². The van der Waals surface area contributed by atoms with Gasteiger partial charge in [-0.2, -0.15) is 8.42 Å². The Bertz CT molecular complexity index is 1470. The van der Waals surface area contributed by atoms with E-state index in [1.165, 1.54) is 53.4 Å². The number of amides is 1. The summed E-state index contributed by atoms with van der Waals surface area (Å²) in [4.78, 5) is 14.4. The number of nitrogens with zero attached hydrogens (tertiary/aromatic N) is 1. The zero-order chi connectivity index (χ0) is 25.7. The highest BCUT2D eigenvalue weighted by Crippen LogP contribution is 2.26. The molecule has 0 saturated carbocycles. The molecule has 0 aliphatic rings. The Hall–Kier alpha value is -4.11. The second-order valence-electron chi connectivity index (χ2n) is 7.90. The molecule has 0 saturated heterocycles. The van der Waals surface area contributed by atoms with Gasteiger partial charge in [-0.25, -0.2) is 13.2 Å². The van der Waals surface area contributed by atoms with Gasteiger partial charge in [-0.3, -0.25) is 4.79 Å². The maximum absolute atomic E-state index is 13.8. The molecule has 0 unspecified atom stereocenters. The van der Waals surface area contributed by atoms with E-state index in [0.29, 0.717) is 11.1 Å². The van der Waals surface area contributed by atoms with E-state index in [0.717, 1.165) is 30.3 Å². The molecule has 0 atom stereocenters. The van der Waals surface area contributed by atoms with Gasteiger partial charge in [0, 0.05) is 17.7 Å². The van der Waals surface area contributed by atoms with Crippen LogP contribution in [0, 0.1) is 17.5 Å². The summed E-state index contributed by atoms with van der Waals surface area (Å²) in [6.07, 6.45) is 0. The lowest BCUT2D eigenvalue weighted by Crippen LogP contribution is -2.30. The monoisotopic (exact) mass is 511 g/mol. The molecule has 0 spiro atoms. The highest BCUT2D eigenvalue weighted by Gasteiger charge is 2.22. The molecule has 0 aromatic heterocycles. The molecular formula is C27H20F3NO4S. The molecule has 36 heavy (non-hydrogen) atoms. The number of halogens is 3. The van der Waals surface area contributed by atoms with Gasteiger partial charge in [0.2, 0.25) is 0 Å². The summed E-state index contributed by atoms with van der Waals surface area (Å²) in [5.41, 5.74) is 1.06. The highest BCUT2D eigenvalue weighted by atomic mass is 32.2. The minimum Gasteiger partial charge on any atom is -0.379 e. The molecule has 0 N–H and O–H groups in total. The van der Waals surface area contributed by atoms with Crippen molar-refractivity contribution in [1.82, 2.24) is 4.90 Å². The lowest BCUT2D eigenvalue weighted by molar-refractivity contribution is 0.0729. The molecule has 5 nitrogen and oxygen atoms in total. The molecule has 0 aliphatic carbocycles. The molecular weight excluding hydrogens is 491 g/mol. The second-order valence-corrected chi connectivity index (χ2v) is 9.44. The number of benzene rings is 4. The van der Waals surface area contributed by atoms with Crippen molar-refractivity contribution in [3.63, 3.8) is 0 Å². The summed E-state index contributed by atoms with van der Waals surface area (Å²) in [5, 5.41) is 0. The summed E-state index contributed by atoms with van der Waals surface area (Å²) >= 11 is 0. The molecule has 0 fully saturated rings.